The van der Waals surface area contributed by atoms with Gasteiger partial charge in [-0.15, -0.1) is 0 Å². The zero-order valence-electron chi connectivity index (χ0n) is 14.8. The van der Waals surface area contributed by atoms with E-state index in [1.54, 1.807) is 6.92 Å². The second-order valence-electron chi connectivity index (χ2n) is 6.62. The molecule has 6 heteroatoms. The number of hydrogen-bond acceptors (Lipinski definition) is 5. The zero-order chi connectivity index (χ0) is 19.0. The Morgan fingerprint density at radius 2 is 1.56 bits per heavy atom. The number of rotatable bonds is 5. The van der Waals surface area contributed by atoms with Gasteiger partial charge in [-0.05, 0) is 18.1 Å². The van der Waals surface area contributed by atoms with Gasteiger partial charge in [0.15, 0.2) is 5.78 Å². The van der Waals surface area contributed by atoms with Gasteiger partial charge in [0.2, 0.25) is 5.91 Å². The highest BCUT2D eigenvalue weighted by Crippen LogP contribution is 2.32. The number of likely N-dealkylation sites (tertiary alicyclic amines) is 1. The molecule has 2 aliphatic rings. The van der Waals surface area contributed by atoms with Crippen molar-refractivity contribution < 1.29 is 14.4 Å². The average molecular weight is 361 g/mol. The van der Waals surface area contributed by atoms with Crippen molar-refractivity contribution in [2.24, 2.45) is 11.0 Å². The molecule has 2 aliphatic heterocycles. The van der Waals surface area contributed by atoms with Gasteiger partial charge in [-0.2, -0.15) is 5.10 Å². The quantitative estimate of drug-likeness (QED) is 0.823. The zero-order valence-corrected chi connectivity index (χ0v) is 14.8. The highest BCUT2D eigenvalue weighted by atomic mass is 16.2. The van der Waals surface area contributed by atoms with Crippen molar-refractivity contribution in [3.63, 3.8) is 0 Å². The van der Waals surface area contributed by atoms with Gasteiger partial charge in [-0.3, -0.25) is 24.7 Å². The second-order valence-corrected chi connectivity index (χ2v) is 6.62. The largest absolute Gasteiger partial charge is 0.296 e. The Morgan fingerprint density at radius 1 is 1.00 bits per heavy atom. The molecule has 136 valence electrons. The van der Waals surface area contributed by atoms with E-state index in [4.69, 9.17) is 0 Å². The molecule has 2 aromatic carbocycles. The molecule has 2 aromatic rings. The van der Waals surface area contributed by atoms with Crippen LogP contribution in [0.1, 0.15) is 24.0 Å². The van der Waals surface area contributed by atoms with Crippen LogP contribution in [0, 0.1) is 5.92 Å². The molecule has 1 fully saturated rings. The molecule has 6 nitrogen and oxygen atoms in total. The maximum Gasteiger partial charge on any atom is 0.254 e. The maximum absolute atomic E-state index is 13.5. The van der Waals surface area contributed by atoms with Crippen LogP contribution in [0.15, 0.2) is 65.8 Å². The fraction of sp³-hybridized carbons (Fsp3) is 0.238. The summed E-state index contributed by atoms with van der Waals surface area (Å²) in [6.07, 6.45) is 0. The van der Waals surface area contributed by atoms with Gasteiger partial charge in [0.1, 0.15) is 17.7 Å². The molecule has 2 heterocycles. The minimum atomic E-state index is -0.847. The summed E-state index contributed by atoms with van der Waals surface area (Å²) < 4.78 is 0. The molecule has 2 atom stereocenters. The Balaban J connectivity index is 1.73. The van der Waals surface area contributed by atoms with Crippen LogP contribution in [0.5, 0.6) is 0 Å². The van der Waals surface area contributed by atoms with E-state index in [9.17, 15) is 14.4 Å². The van der Waals surface area contributed by atoms with Crippen molar-refractivity contribution in [2.45, 2.75) is 18.9 Å². The number of fused-ring (bicyclic) bond motifs is 1. The molecule has 0 spiro atoms. The van der Waals surface area contributed by atoms with Gasteiger partial charge in [0.25, 0.3) is 5.91 Å². The Kier molecular flexibility index (Phi) is 4.32. The van der Waals surface area contributed by atoms with E-state index in [0.29, 0.717) is 0 Å². The normalized spacial score (nSPS) is 21.3. The van der Waals surface area contributed by atoms with Gasteiger partial charge in [-0.1, -0.05) is 60.7 Å². The van der Waals surface area contributed by atoms with Crippen molar-refractivity contribution >= 4 is 23.3 Å². The summed E-state index contributed by atoms with van der Waals surface area (Å²) in [5, 5.41) is 4.11. The number of likely N-dealkylation sites (N-methyl/N-ethyl adjacent to an activating group) is 1. The number of hydrogen-bond donors (Lipinski definition) is 1. The number of ketones is 1. The first-order valence-corrected chi connectivity index (χ1v) is 8.96. The molecular weight excluding hydrogens is 342 g/mol. The van der Waals surface area contributed by atoms with Crippen LogP contribution in [-0.4, -0.2) is 40.8 Å². The number of nitrogens with one attached hydrogen (secondary N) is 1. The molecule has 0 unspecified atom stereocenters. The van der Waals surface area contributed by atoms with E-state index < -0.39 is 17.9 Å². The van der Waals surface area contributed by atoms with Gasteiger partial charge < -0.3 is 0 Å². The first-order valence-electron chi connectivity index (χ1n) is 8.96. The highest BCUT2D eigenvalue weighted by Gasteiger charge is 2.54. The molecule has 27 heavy (non-hydrogen) atoms. The van der Waals surface area contributed by atoms with Crippen LogP contribution in [-0.2, 0) is 14.4 Å². The Labute approximate surface area is 156 Å². The van der Waals surface area contributed by atoms with Crippen molar-refractivity contribution in [3.8, 4) is 0 Å². The van der Waals surface area contributed by atoms with Gasteiger partial charge in [0.05, 0.1) is 5.92 Å². The molecule has 1 saturated heterocycles. The van der Waals surface area contributed by atoms with Gasteiger partial charge in [0, 0.05) is 6.54 Å². The number of carbonyl (C=O) groups excluding carboxylic acids is 3. The molecule has 0 radical (unpaired) electrons. The monoisotopic (exact) mass is 361 g/mol. The Bertz CT molecular complexity index is 885. The minimum absolute atomic E-state index is 0.131. The molecule has 1 N–H and O–H groups in total. The lowest BCUT2D eigenvalue weighted by atomic mass is 9.82. The molecule has 0 aromatic heterocycles. The predicted molar refractivity (Wildman–Crippen MR) is 100.0 cm³/mol. The fourth-order valence-electron chi connectivity index (χ4n) is 3.80. The number of nitrogens with zero attached hydrogens (tertiary/aromatic N) is 2. The standard InChI is InChI=1S/C21H19N3O3/c1-2-24-20(26)16-17(22-23-18(16)21(24)27)19(25)15(13-9-5-3-6-10-13)14-11-7-4-8-12-14/h3-12,15-16,18,23H,2H2,1H3/t16-,18+/m1/s1. The van der Waals surface area contributed by atoms with E-state index in [2.05, 4.69) is 10.5 Å². The third-order valence-electron chi connectivity index (χ3n) is 5.11. The minimum Gasteiger partial charge on any atom is -0.296 e. The van der Waals surface area contributed by atoms with Crippen LogP contribution in [0.2, 0.25) is 0 Å². The van der Waals surface area contributed by atoms with Gasteiger partial charge >= 0.3 is 0 Å². The number of hydrazone groups is 1. The average Bonchev–Trinajstić information content (AvgIpc) is 3.24. The third-order valence-corrected chi connectivity index (χ3v) is 5.11. The van der Waals surface area contributed by atoms with Crippen LogP contribution < -0.4 is 5.43 Å². The lowest BCUT2D eigenvalue weighted by Gasteiger charge is -2.18. The summed E-state index contributed by atoms with van der Waals surface area (Å²) >= 11 is 0. The fourth-order valence-corrected chi connectivity index (χ4v) is 3.80. The number of carbonyl (C=O) groups is 3. The Hall–Kier alpha value is -3.28. The van der Waals surface area contributed by atoms with E-state index in [0.717, 1.165) is 11.1 Å². The topological polar surface area (TPSA) is 78.8 Å². The molecule has 0 bridgehead atoms. The number of Topliss-reactive ketones (excluding diaryl/α,β-unsaturated/α-hetero) is 1. The summed E-state index contributed by atoms with van der Waals surface area (Å²) in [4.78, 5) is 39.7. The molecule has 2 amide bonds. The number of benzene rings is 2. The first kappa shape index (κ1) is 17.1. The summed E-state index contributed by atoms with van der Waals surface area (Å²) in [6, 6.07) is 18.0. The summed E-state index contributed by atoms with van der Waals surface area (Å²) in [6.45, 7) is 2.03. The van der Waals surface area contributed by atoms with Crippen molar-refractivity contribution in [1.82, 2.24) is 10.3 Å². The van der Waals surface area contributed by atoms with Gasteiger partial charge in [-0.25, -0.2) is 0 Å². The number of amides is 2. The van der Waals surface area contributed by atoms with E-state index in [-0.39, 0.29) is 29.9 Å². The van der Waals surface area contributed by atoms with E-state index in [1.807, 2.05) is 60.7 Å². The number of imide groups is 1. The van der Waals surface area contributed by atoms with Crippen LogP contribution in [0.25, 0.3) is 0 Å². The lowest BCUT2D eigenvalue weighted by molar-refractivity contribution is -0.139. The molecule has 0 saturated carbocycles. The van der Waals surface area contributed by atoms with E-state index >= 15 is 0 Å². The first-order chi connectivity index (χ1) is 13.1. The second kappa shape index (κ2) is 6.79. The summed E-state index contributed by atoms with van der Waals surface area (Å²) in [5.74, 6) is -2.36. The SMILES string of the molecule is CCN1C(=O)[C@@H]2C(C(=O)C(c3ccccc3)c3ccccc3)=NN[C@@H]2C1=O. The molecule has 0 aliphatic carbocycles. The van der Waals surface area contributed by atoms with E-state index in [1.165, 1.54) is 4.90 Å². The molecule has 4 rings (SSSR count). The van der Waals surface area contributed by atoms with Crippen molar-refractivity contribution in [3.05, 3.63) is 71.8 Å². The Morgan fingerprint density at radius 3 is 2.07 bits per heavy atom. The van der Waals surface area contributed by atoms with Crippen LogP contribution >= 0.6 is 0 Å². The maximum atomic E-state index is 13.5. The lowest BCUT2D eigenvalue weighted by Crippen LogP contribution is -2.36. The smallest absolute Gasteiger partial charge is 0.254 e. The van der Waals surface area contributed by atoms with Crippen molar-refractivity contribution in [2.75, 3.05) is 6.54 Å². The highest BCUT2D eigenvalue weighted by molar-refractivity contribution is 6.48. The van der Waals surface area contributed by atoms with Crippen LogP contribution in [0.4, 0.5) is 0 Å². The van der Waals surface area contributed by atoms with Crippen molar-refractivity contribution in [1.29, 1.82) is 0 Å². The van der Waals surface area contributed by atoms with Crippen LogP contribution in [0.3, 0.4) is 0 Å². The third kappa shape index (κ3) is 2.73. The summed E-state index contributed by atoms with van der Waals surface area (Å²) in [5.41, 5.74) is 4.48. The molecular formula is C21H19N3O3. The summed E-state index contributed by atoms with van der Waals surface area (Å²) in [7, 11) is 0. The predicted octanol–water partition coefficient (Wildman–Crippen LogP) is 1.72.